The maximum atomic E-state index is 13.4. The molecule has 6 rings (SSSR count). The average molecular weight is 933 g/mol. The van der Waals surface area contributed by atoms with E-state index in [0.29, 0.717) is 41.8 Å². The Hall–Kier alpha value is -2.91. The summed E-state index contributed by atoms with van der Waals surface area (Å²) in [6, 6.07) is 0. The third-order valence-electron chi connectivity index (χ3n) is 15.8. The van der Waals surface area contributed by atoms with Crippen molar-refractivity contribution in [3.63, 3.8) is 0 Å². The van der Waals surface area contributed by atoms with Crippen LogP contribution in [0.1, 0.15) is 148 Å². The number of rotatable bonds is 24. The molecule has 368 valence electrons. The van der Waals surface area contributed by atoms with E-state index >= 15 is 0 Å². The lowest BCUT2D eigenvalue weighted by atomic mass is 9.76. The molecule has 6 saturated carbocycles. The Bertz CT molecular complexity index is 1520. The van der Waals surface area contributed by atoms with Gasteiger partial charge in [-0.2, -0.15) is 0 Å². The zero-order valence-corrected chi connectivity index (χ0v) is 40.3. The number of aliphatic hydroxyl groups is 1. The number of nitrogens with zero attached hydrogens (tertiary/aromatic N) is 2. The van der Waals surface area contributed by atoms with Gasteiger partial charge in [-0.3, -0.25) is 28.8 Å². The van der Waals surface area contributed by atoms with Gasteiger partial charge in [-0.1, -0.05) is 69.5 Å². The number of carbonyl (C=O) groups is 6. The lowest BCUT2D eigenvalue weighted by Gasteiger charge is -2.31. The van der Waals surface area contributed by atoms with Crippen molar-refractivity contribution in [2.45, 2.75) is 160 Å². The van der Waals surface area contributed by atoms with E-state index in [1.165, 1.54) is 50.3 Å². The number of hydrogen-bond donors (Lipinski definition) is 1. The maximum Gasteiger partial charge on any atom is 0.309 e. The van der Waals surface area contributed by atoms with Crippen LogP contribution < -0.4 is 0 Å². The van der Waals surface area contributed by atoms with Crippen LogP contribution in [0.2, 0.25) is 0 Å². The fraction of sp³-hybridized carbons (Fsp3) is 0.880. The predicted octanol–water partition coefficient (Wildman–Crippen LogP) is 7.75. The van der Waals surface area contributed by atoms with Crippen LogP contribution in [0.4, 0.5) is 4.79 Å². The molecule has 0 aromatic carbocycles. The molecule has 0 bridgehead atoms. The van der Waals surface area contributed by atoms with E-state index in [1.807, 2.05) is 14.1 Å². The van der Waals surface area contributed by atoms with Gasteiger partial charge in [0, 0.05) is 31.7 Å². The number of hydrogen-bond acceptors (Lipinski definition) is 14. The number of esters is 5. The summed E-state index contributed by atoms with van der Waals surface area (Å²) in [5, 5.41) is 9.74. The summed E-state index contributed by atoms with van der Waals surface area (Å²) in [4.78, 5) is 82.7. The normalized spacial score (nSPS) is 29.1. The van der Waals surface area contributed by atoms with Gasteiger partial charge in [0.1, 0.15) is 19.8 Å². The molecule has 10 unspecified atom stereocenters. The Kier molecular flexibility index (Phi) is 21.1. The minimum Gasteiger partial charge on any atom is -0.461 e. The summed E-state index contributed by atoms with van der Waals surface area (Å²) >= 11 is 1.20. The molecule has 15 heteroatoms. The van der Waals surface area contributed by atoms with Crippen LogP contribution in [0.5, 0.6) is 0 Å². The number of thioether (sulfide) groups is 1. The van der Waals surface area contributed by atoms with Crippen LogP contribution in [0.15, 0.2) is 0 Å². The molecule has 6 fully saturated rings. The van der Waals surface area contributed by atoms with Crippen LogP contribution >= 0.6 is 11.8 Å². The van der Waals surface area contributed by atoms with Crippen molar-refractivity contribution < 1.29 is 57.6 Å². The zero-order valence-electron chi connectivity index (χ0n) is 39.5. The van der Waals surface area contributed by atoms with E-state index in [1.54, 1.807) is 4.90 Å². The van der Waals surface area contributed by atoms with Crippen LogP contribution in [0, 0.1) is 53.3 Å². The smallest absolute Gasteiger partial charge is 0.309 e. The standard InChI is InChI=1S/C50H80N2O12S/c1-51(2)23-8-26-65-50(59)52(24-6-15-45(54)63-43(30-53)31-60-47(56)40-20-17-34-9-3-12-37(34)27-40)25-7-16-46(55)64-44(32-61-48(57)41-21-18-35-10-4-13-38(35)28-41)33-62-49(58)42-22-19-36-11-5-14-39(36)29-42/h34-44,53H,3-33H2,1-2H3. The lowest BCUT2D eigenvalue weighted by Crippen LogP contribution is -2.35. The highest BCUT2D eigenvalue weighted by Gasteiger charge is 2.40. The van der Waals surface area contributed by atoms with Gasteiger partial charge in [0.15, 0.2) is 12.2 Å². The number of amides is 1. The largest absolute Gasteiger partial charge is 0.461 e. The van der Waals surface area contributed by atoms with E-state index in [4.69, 9.17) is 23.7 Å². The van der Waals surface area contributed by atoms with E-state index in [-0.39, 0.29) is 93.1 Å². The van der Waals surface area contributed by atoms with Crippen molar-refractivity contribution in [3.8, 4) is 0 Å². The van der Waals surface area contributed by atoms with Gasteiger partial charge in [0.25, 0.3) is 5.24 Å². The topological polar surface area (TPSA) is 175 Å². The van der Waals surface area contributed by atoms with Crippen molar-refractivity contribution in [1.82, 2.24) is 9.80 Å². The molecule has 10 atom stereocenters. The summed E-state index contributed by atoms with van der Waals surface area (Å²) in [5.41, 5.74) is 0. The molecule has 1 amide bonds. The van der Waals surface area contributed by atoms with Gasteiger partial charge < -0.3 is 38.6 Å². The molecule has 1 N–H and O–H groups in total. The van der Waals surface area contributed by atoms with Gasteiger partial charge in [0.2, 0.25) is 0 Å². The predicted molar refractivity (Wildman–Crippen MR) is 245 cm³/mol. The molecular weight excluding hydrogens is 853 g/mol. The SMILES string of the molecule is CN(C)CCCSC(=O)N(CCCC(=O)OC(CO)COC(=O)C1CCC2CCCC2C1)CCCC(=O)OC(COC(=O)C1CCC2CCCC2C1)COC(=O)C1CCC2CCCC2C1. The molecule has 65 heavy (non-hydrogen) atoms. The molecule has 0 aliphatic heterocycles. The minimum absolute atomic E-state index is 0.0173. The van der Waals surface area contributed by atoms with Crippen LogP contribution in [0.25, 0.3) is 0 Å². The van der Waals surface area contributed by atoms with Crippen molar-refractivity contribution in [3.05, 3.63) is 0 Å². The monoisotopic (exact) mass is 933 g/mol. The molecule has 0 spiro atoms. The highest BCUT2D eigenvalue weighted by Crippen LogP contribution is 2.46. The van der Waals surface area contributed by atoms with E-state index < -0.39 is 30.8 Å². The number of carbonyl (C=O) groups excluding carboxylic acids is 6. The lowest BCUT2D eigenvalue weighted by molar-refractivity contribution is -0.171. The first-order chi connectivity index (χ1) is 31.4. The highest BCUT2D eigenvalue weighted by molar-refractivity contribution is 8.13. The molecule has 6 aliphatic carbocycles. The molecule has 0 saturated heterocycles. The summed E-state index contributed by atoms with van der Waals surface area (Å²) in [7, 11) is 3.95. The van der Waals surface area contributed by atoms with Crippen LogP contribution in [-0.2, 0) is 47.7 Å². The molecule has 0 aromatic heterocycles. The second-order valence-electron chi connectivity index (χ2n) is 20.6. The minimum atomic E-state index is -0.972. The zero-order chi connectivity index (χ0) is 46.1. The molecule has 0 heterocycles. The summed E-state index contributed by atoms with van der Waals surface area (Å²) in [5.74, 6) is 1.99. The van der Waals surface area contributed by atoms with Crippen molar-refractivity contribution in [2.24, 2.45) is 53.3 Å². The first-order valence-corrected chi connectivity index (χ1v) is 26.5. The second-order valence-corrected chi connectivity index (χ2v) is 21.7. The summed E-state index contributed by atoms with van der Waals surface area (Å²) < 4.78 is 28.4. The van der Waals surface area contributed by atoms with Gasteiger partial charge in [-0.05, 0) is 133 Å². The molecule has 0 aromatic rings. The first kappa shape index (κ1) is 51.5. The number of ether oxygens (including phenoxy) is 5. The van der Waals surface area contributed by atoms with Gasteiger partial charge >= 0.3 is 29.8 Å². The van der Waals surface area contributed by atoms with Gasteiger partial charge in [-0.15, -0.1) is 0 Å². The fourth-order valence-electron chi connectivity index (χ4n) is 12.1. The fourth-order valence-corrected chi connectivity index (χ4v) is 12.9. The van der Waals surface area contributed by atoms with Crippen molar-refractivity contribution in [2.75, 3.05) is 65.9 Å². The van der Waals surface area contributed by atoms with E-state index in [0.717, 1.165) is 95.9 Å². The molecular formula is C50H80N2O12S. The Balaban J connectivity index is 0.954. The quantitative estimate of drug-likeness (QED) is 0.0565. The van der Waals surface area contributed by atoms with E-state index in [2.05, 4.69) is 4.90 Å². The van der Waals surface area contributed by atoms with Crippen LogP contribution in [-0.4, -0.2) is 128 Å². The third-order valence-corrected chi connectivity index (χ3v) is 16.8. The Labute approximate surface area is 392 Å². The highest BCUT2D eigenvalue weighted by atomic mass is 32.2. The van der Waals surface area contributed by atoms with Crippen molar-refractivity contribution >= 4 is 46.8 Å². The van der Waals surface area contributed by atoms with Crippen LogP contribution in [0.3, 0.4) is 0 Å². The average Bonchev–Trinajstić information content (AvgIpc) is 4.10. The van der Waals surface area contributed by atoms with Crippen molar-refractivity contribution in [1.29, 1.82) is 0 Å². The van der Waals surface area contributed by atoms with Gasteiger partial charge in [0.05, 0.1) is 24.4 Å². The van der Waals surface area contributed by atoms with Gasteiger partial charge in [-0.25, -0.2) is 0 Å². The summed E-state index contributed by atoms with van der Waals surface area (Å²) in [6.45, 7) is 0.246. The number of aliphatic hydroxyl groups excluding tert-OH is 1. The maximum absolute atomic E-state index is 13.4. The Morgan fingerprint density at radius 2 is 0.923 bits per heavy atom. The molecule has 0 radical (unpaired) electrons. The first-order valence-electron chi connectivity index (χ1n) is 25.5. The molecule has 6 aliphatic rings. The Morgan fingerprint density at radius 1 is 0.523 bits per heavy atom. The third kappa shape index (κ3) is 16.4. The number of fused-ring (bicyclic) bond motifs is 3. The Morgan fingerprint density at radius 3 is 1.34 bits per heavy atom. The second kappa shape index (κ2) is 26.6. The molecule has 14 nitrogen and oxygen atoms in total. The summed E-state index contributed by atoms with van der Waals surface area (Å²) in [6.07, 6.45) is 18.3. The van der Waals surface area contributed by atoms with E-state index in [9.17, 15) is 33.9 Å².